The van der Waals surface area contributed by atoms with E-state index in [1.54, 1.807) is 6.07 Å². The molecule has 100 valence electrons. The number of esters is 1. The van der Waals surface area contributed by atoms with Gasteiger partial charge in [-0.1, -0.05) is 34.1 Å². The maximum atomic E-state index is 11.3. The topological polar surface area (TPSA) is 51.5 Å². The molecule has 2 aromatic rings. The minimum absolute atomic E-state index is 0.388. The summed E-state index contributed by atoms with van der Waals surface area (Å²) in [5, 5.41) is 3.25. The molecule has 0 radical (unpaired) electrons. The summed E-state index contributed by atoms with van der Waals surface area (Å²) >= 11 is 3.49. The van der Waals surface area contributed by atoms with E-state index in [2.05, 4.69) is 26.0 Å². The van der Waals surface area contributed by atoms with Gasteiger partial charge >= 0.3 is 5.97 Å². The summed E-state index contributed by atoms with van der Waals surface area (Å²) in [7, 11) is 1.35. The average Bonchev–Trinajstić information content (AvgIpc) is 2.89. The largest absolute Gasteiger partial charge is 0.467 e. The fraction of sp³-hybridized carbons (Fsp3) is 0.214. The van der Waals surface area contributed by atoms with Crippen LogP contribution in [0, 0.1) is 0 Å². The van der Waals surface area contributed by atoms with Gasteiger partial charge in [0.25, 0.3) is 0 Å². The van der Waals surface area contributed by atoms with Gasteiger partial charge in [-0.25, -0.2) is 4.79 Å². The second-order valence-corrected chi connectivity index (χ2v) is 4.84. The van der Waals surface area contributed by atoms with Gasteiger partial charge in [-0.2, -0.15) is 0 Å². The number of hydrogen-bond donors (Lipinski definition) is 1. The molecule has 0 aliphatic heterocycles. The Kier molecular flexibility index (Phi) is 4.76. The van der Waals surface area contributed by atoms with Crippen molar-refractivity contribution in [2.24, 2.45) is 0 Å². The van der Waals surface area contributed by atoms with Crippen molar-refractivity contribution in [1.82, 2.24) is 5.32 Å². The number of carbonyl (C=O) groups is 1. The van der Waals surface area contributed by atoms with Crippen molar-refractivity contribution in [2.45, 2.75) is 13.1 Å². The van der Waals surface area contributed by atoms with E-state index in [-0.39, 0.29) is 5.97 Å². The first kappa shape index (κ1) is 13.8. The Hall–Kier alpha value is -1.59. The van der Waals surface area contributed by atoms with Crippen LogP contribution in [0.15, 0.2) is 45.5 Å². The minimum atomic E-state index is -0.388. The average molecular weight is 324 g/mol. The zero-order valence-corrected chi connectivity index (χ0v) is 12.1. The third-order valence-corrected chi connectivity index (χ3v) is 3.42. The van der Waals surface area contributed by atoms with Gasteiger partial charge in [0.05, 0.1) is 19.2 Å². The highest BCUT2D eigenvalue weighted by Crippen LogP contribution is 2.15. The summed E-state index contributed by atoms with van der Waals surface area (Å²) in [4.78, 5) is 11.3. The Bertz CT molecular complexity index is 565. The number of rotatable bonds is 5. The van der Waals surface area contributed by atoms with Crippen LogP contribution in [0.5, 0.6) is 0 Å². The van der Waals surface area contributed by atoms with Crippen LogP contribution in [0.3, 0.4) is 0 Å². The highest BCUT2D eigenvalue weighted by atomic mass is 79.9. The summed E-state index contributed by atoms with van der Waals surface area (Å²) in [5.74, 6) is 0.313. The number of furan rings is 1. The number of ether oxygens (including phenoxy) is 1. The summed E-state index contributed by atoms with van der Waals surface area (Å²) in [6.45, 7) is 1.27. The third kappa shape index (κ3) is 3.68. The number of halogens is 1. The molecule has 0 aliphatic rings. The van der Waals surface area contributed by atoms with E-state index in [9.17, 15) is 4.79 Å². The molecule has 0 aliphatic carbocycles. The standard InChI is InChI=1S/C14H14BrNO3/c1-18-14(17)11-6-12(19-9-11)8-16-7-10-4-2-3-5-13(10)15/h2-6,9,16H,7-8H2,1H3. The number of methoxy groups -OCH3 is 1. The molecular weight excluding hydrogens is 310 g/mol. The smallest absolute Gasteiger partial charge is 0.341 e. The van der Waals surface area contributed by atoms with E-state index in [1.165, 1.54) is 18.9 Å². The molecule has 0 saturated heterocycles. The molecule has 4 nitrogen and oxygen atoms in total. The van der Waals surface area contributed by atoms with Crippen LogP contribution in [0.4, 0.5) is 0 Å². The lowest BCUT2D eigenvalue weighted by atomic mass is 10.2. The molecule has 1 aromatic heterocycles. The third-order valence-electron chi connectivity index (χ3n) is 2.65. The van der Waals surface area contributed by atoms with Crippen molar-refractivity contribution in [1.29, 1.82) is 0 Å². The van der Waals surface area contributed by atoms with Crippen molar-refractivity contribution in [3.63, 3.8) is 0 Å². The lowest BCUT2D eigenvalue weighted by Gasteiger charge is -2.04. The predicted molar refractivity (Wildman–Crippen MR) is 74.7 cm³/mol. The molecule has 0 atom stereocenters. The van der Waals surface area contributed by atoms with Gasteiger partial charge in [0.15, 0.2) is 0 Å². The normalized spacial score (nSPS) is 10.4. The second kappa shape index (κ2) is 6.54. The van der Waals surface area contributed by atoms with Crippen molar-refractivity contribution < 1.29 is 13.9 Å². The molecular formula is C14H14BrNO3. The highest BCUT2D eigenvalue weighted by Gasteiger charge is 2.09. The lowest BCUT2D eigenvalue weighted by molar-refractivity contribution is 0.0600. The molecule has 0 unspecified atom stereocenters. The molecule has 1 heterocycles. The second-order valence-electron chi connectivity index (χ2n) is 3.99. The molecule has 1 N–H and O–H groups in total. The summed E-state index contributed by atoms with van der Waals surface area (Å²) in [6, 6.07) is 9.68. The van der Waals surface area contributed by atoms with E-state index in [0.717, 1.165) is 11.0 Å². The first-order valence-electron chi connectivity index (χ1n) is 5.80. The molecule has 0 fully saturated rings. The highest BCUT2D eigenvalue weighted by molar-refractivity contribution is 9.10. The van der Waals surface area contributed by atoms with Crippen LogP contribution in [0.1, 0.15) is 21.7 Å². The fourth-order valence-electron chi connectivity index (χ4n) is 1.66. The van der Waals surface area contributed by atoms with Crippen LogP contribution < -0.4 is 5.32 Å². The van der Waals surface area contributed by atoms with Gasteiger partial charge in [-0.15, -0.1) is 0 Å². The van der Waals surface area contributed by atoms with Crippen LogP contribution in [-0.2, 0) is 17.8 Å². The van der Waals surface area contributed by atoms with E-state index in [1.807, 2.05) is 24.3 Å². The number of nitrogens with one attached hydrogen (secondary N) is 1. The summed E-state index contributed by atoms with van der Waals surface area (Å²) < 4.78 is 11.0. The van der Waals surface area contributed by atoms with Crippen LogP contribution >= 0.6 is 15.9 Å². The first-order chi connectivity index (χ1) is 9.20. The zero-order chi connectivity index (χ0) is 13.7. The quantitative estimate of drug-likeness (QED) is 0.859. The van der Waals surface area contributed by atoms with Crippen molar-refractivity contribution >= 4 is 21.9 Å². The van der Waals surface area contributed by atoms with Crippen LogP contribution in [0.2, 0.25) is 0 Å². The van der Waals surface area contributed by atoms with Gasteiger partial charge in [-0.3, -0.25) is 0 Å². The van der Waals surface area contributed by atoms with E-state index < -0.39 is 0 Å². The molecule has 0 spiro atoms. The molecule has 0 amide bonds. The van der Waals surface area contributed by atoms with Crippen LogP contribution in [-0.4, -0.2) is 13.1 Å². The Morgan fingerprint density at radius 2 is 2.16 bits per heavy atom. The molecule has 5 heteroatoms. The van der Waals surface area contributed by atoms with E-state index in [0.29, 0.717) is 17.9 Å². The maximum absolute atomic E-state index is 11.3. The zero-order valence-electron chi connectivity index (χ0n) is 10.5. The predicted octanol–water partition coefficient (Wildman–Crippen LogP) is 3.12. The molecule has 2 rings (SSSR count). The number of benzene rings is 1. The number of hydrogen-bond acceptors (Lipinski definition) is 4. The van der Waals surface area contributed by atoms with Gasteiger partial charge in [0, 0.05) is 11.0 Å². The lowest BCUT2D eigenvalue weighted by Crippen LogP contribution is -2.12. The van der Waals surface area contributed by atoms with Crippen LogP contribution in [0.25, 0.3) is 0 Å². The summed E-state index contributed by atoms with van der Waals surface area (Å²) in [5.41, 5.74) is 1.60. The summed E-state index contributed by atoms with van der Waals surface area (Å²) in [6.07, 6.45) is 1.40. The van der Waals surface area contributed by atoms with Gasteiger partial charge < -0.3 is 14.5 Å². The van der Waals surface area contributed by atoms with Gasteiger partial charge in [0.1, 0.15) is 12.0 Å². The molecule has 19 heavy (non-hydrogen) atoms. The Labute approximate surface area is 119 Å². The van der Waals surface area contributed by atoms with Crippen molar-refractivity contribution in [2.75, 3.05) is 7.11 Å². The Morgan fingerprint density at radius 1 is 1.37 bits per heavy atom. The maximum Gasteiger partial charge on any atom is 0.341 e. The Balaban J connectivity index is 1.88. The number of carbonyl (C=O) groups excluding carboxylic acids is 1. The molecule has 0 saturated carbocycles. The molecule has 1 aromatic carbocycles. The minimum Gasteiger partial charge on any atom is -0.467 e. The molecule has 0 bridgehead atoms. The Morgan fingerprint density at radius 3 is 2.89 bits per heavy atom. The van der Waals surface area contributed by atoms with Crippen molar-refractivity contribution in [3.8, 4) is 0 Å². The van der Waals surface area contributed by atoms with E-state index >= 15 is 0 Å². The van der Waals surface area contributed by atoms with Gasteiger partial charge in [0.2, 0.25) is 0 Å². The van der Waals surface area contributed by atoms with Crippen molar-refractivity contribution in [3.05, 3.63) is 58.0 Å². The SMILES string of the molecule is COC(=O)c1coc(CNCc2ccccc2Br)c1. The van der Waals surface area contributed by atoms with E-state index in [4.69, 9.17) is 4.42 Å². The monoisotopic (exact) mass is 323 g/mol. The van der Waals surface area contributed by atoms with Gasteiger partial charge in [-0.05, 0) is 17.7 Å². The first-order valence-corrected chi connectivity index (χ1v) is 6.60. The fourth-order valence-corrected chi connectivity index (χ4v) is 2.09.